The Labute approximate surface area is 217 Å². The number of hydrogen-bond acceptors (Lipinski definition) is 9. The van der Waals surface area contributed by atoms with E-state index >= 15 is 0 Å². The van der Waals surface area contributed by atoms with Gasteiger partial charge in [0.2, 0.25) is 24.6 Å². The highest BCUT2D eigenvalue weighted by molar-refractivity contribution is 5.87. The molecule has 5 heterocycles. The van der Waals surface area contributed by atoms with Crippen molar-refractivity contribution in [1.29, 1.82) is 0 Å². The van der Waals surface area contributed by atoms with E-state index < -0.39 is 0 Å². The first-order valence-electron chi connectivity index (χ1n) is 12.5. The zero-order valence-electron chi connectivity index (χ0n) is 20.7. The lowest BCUT2D eigenvalue weighted by Gasteiger charge is -2.16. The summed E-state index contributed by atoms with van der Waals surface area (Å²) >= 11 is 0. The van der Waals surface area contributed by atoms with Crippen molar-refractivity contribution >= 4 is 51.5 Å². The number of fused-ring (bicyclic) bond motifs is 3. The number of ether oxygens (including phenoxy) is 2. The molecule has 1 amide bonds. The Hall–Kier alpha value is -4.87. The van der Waals surface area contributed by atoms with E-state index in [1.165, 1.54) is 0 Å². The number of amides is 1. The van der Waals surface area contributed by atoms with Crippen LogP contribution in [0.1, 0.15) is 12.8 Å². The van der Waals surface area contributed by atoms with Crippen LogP contribution in [0.4, 0.5) is 23.4 Å². The summed E-state index contributed by atoms with van der Waals surface area (Å²) in [5.74, 6) is 3.09. The van der Waals surface area contributed by atoms with Crippen molar-refractivity contribution in [2.24, 2.45) is 7.05 Å². The maximum absolute atomic E-state index is 12.1. The monoisotopic (exact) mass is 511 g/mol. The smallest absolute Gasteiger partial charge is 0.233 e. The van der Waals surface area contributed by atoms with Crippen LogP contribution in [0, 0.1) is 0 Å². The number of benzene rings is 2. The Bertz CT molecular complexity index is 1690. The Morgan fingerprint density at radius 2 is 1.89 bits per heavy atom. The molecule has 2 aliphatic rings. The molecule has 0 bridgehead atoms. The van der Waals surface area contributed by atoms with Gasteiger partial charge in [0.1, 0.15) is 0 Å². The van der Waals surface area contributed by atoms with Crippen LogP contribution >= 0.6 is 0 Å². The van der Waals surface area contributed by atoms with Crippen molar-refractivity contribution in [2.75, 3.05) is 30.5 Å². The van der Waals surface area contributed by atoms with E-state index in [4.69, 9.17) is 24.4 Å². The number of carbonyl (C=O) groups is 1. The van der Waals surface area contributed by atoms with Gasteiger partial charge in [-0.3, -0.25) is 10.1 Å². The van der Waals surface area contributed by atoms with Crippen molar-refractivity contribution in [3.8, 4) is 11.5 Å². The molecule has 12 nitrogen and oxygen atoms in total. The van der Waals surface area contributed by atoms with Crippen LogP contribution in [0.3, 0.4) is 0 Å². The number of anilines is 4. The summed E-state index contributed by atoms with van der Waals surface area (Å²) in [6, 6.07) is 13.5. The third kappa shape index (κ3) is 3.90. The quantitative estimate of drug-likeness (QED) is 0.337. The molecule has 3 aromatic heterocycles. The lowest BCUT2D eigenvalue weighted by atomic mass is 10.2. The minimum Gasteiger partial charge on any atom is -0.454 e. The third-order valence-electron chi connectivity index (χ3n) is 6.89. The highest BCUT2D eigenvalue weighted by atomic mass is 16.7. The maximum atomic E-state index is 12.1. The van der Waals surface area contributed by atoms with E-state index in [9.17, 15) is 4.79 Å². The molecule has 7 rings (SSSR count). The first kappa shape index (κ1) is 22.3. The SMILES string of the molecule is Cn1c(Nc2nc(Nc3ccc4c(c3)OCO4)c3ncn(CCN4CCCC4=O)c3n2)nc2ccccc21. The molecule has 192 valence electrons. The number of para-hydroxylation sites is 2. The van der Waals surface area contributed by atoms with Crippen LogP contribution in [0.2, 0.25) is 0 Å². The lowest BCUT2D eigenvalue weighted by molar-refractivity contribution is -0.127. The van der Waals surface area contributed by atoms with Gasteiger partial charge in [-0.05, 0) is 30.7 Å². The van der Waals surface area contributed by atoms with Crippen LogP contribution in [0.15, 0.2) is 48.8 Å². The van der Waals surface area contributed by atoms with Gasteiger partial charge in [0.15, 0.2) is 28.5 Å². The average molecular weight is 512 g/mol. The number of hydrogen-bond donors (Lipinski definition) is 2. The zero-order chi connectivity index (χ0) is 25.6. The first-order chi connectivity index (χ1) is 18.6. The summed E-state index contributed by atoms with van der Waals surface area (Å²) in [4.78, 5) is 32.9. The van der Waals surface area contributed by atoms with Crippen molar-refractivity contribution in [3.05, 3.63) is 48.8 Å². The minimum absolute atomic E-state index is 0.193. The van der Waals surface area contributed by atoms with E-state index in [0.717, 1.165) is 29.7 Å². The molecule has 12 heteroatoms. The predicted octanol–water partition coefficient (Wildman–Crippen LogP) is 3.55. The molecule has 2 aromatic carbocycles. The predicted molar refractivity (Wildman–Crippen MR) is 141 cm³/mol. The fourth-order valence-corrected chi connectivity index (χ4v) is 4.89. The third-order valence-corrected chi connectivity index (χ3v) is 6.89. The fraction of sp³-hybridized carbons (Fsp3) is 0.269. The number of rotatable bonds is 7. The van der Waals surface area contributed by atoms with Crippen molar-refractivity contribution < 1.29 is 14.3 Å². The highest BCUT2D eigenvalue weighted by Gasteiger charge is 2.21. The summed E-state index contributed by atoms with van der Waals surface area (Å²) in [7, 11) is 1.94. The van der Waals surface area contributed by atoms with E-state index in [1.807, 2.05) is 63.5 Å². The van der Waals surface area contributed by atoms with Gasteiger partial charge >= 0.3 is 0 Å². The van der Waals surface area contributed by atoms with Gasteiger partial charge in [0.05, 0.1) is 17.4 Å². The molecule has 0 spiro atoms. The Kier molecular flexibility index (Phi) is 5.23. The van der Waals surface area contributed by atoms with Gasteiger partial charge in [0.25, 0.3) is 0 Å². The molecule has 0 aliphatic carbocycles. The Morgan fingerprint density at radius 3 is 2.76 bits per heavy atom. The molecule has 0 unspecified atom stereocenters. The molecule has 0 atom stereocenters. The molecule has 5 aromatic rings. The fourth-order valence-electron chi connectivity index (χ4n) is 4.89. The molecule has 0 saturated carbocycles. The van der Waals surface area contributed by atoms with Crippen molar-refractivity contribution in [3.63, 3.8) is 0 Å². The summed E-state index contributed by atoms with van der Waals surface area (Å²) in [6.45, 7) is 2.17. The summed E-state index contributed by atoms with van der Waals surface area (Å²) in [5.41, 5.74) is 3.91. The van der Waals surface area contributed by atoms with Crippen LogP contribution < -0.4 is 20.1 Å². The van der Waals surface area contributed by atoms with Gasteiger partial charge in [-0.1, -0.05) is 12.1 Å². The maximum Gasteiger partial charge on any atom is 0.233 e. The van der Waals surface area contributed by atoms with Crippen LogP contribution in [0.5, 0.6) is 11.5 Å². The number of imidazole rings is 2. The van der Waals surface area contributed by atoms with E-state index in [2.05, 4.69) is 15.6 Å². The average Bonchev–Trinajstić information content (AvgIpc) is 3.71. The lowest BCUT2D eigenvalue weighted by Crippen LogP contribution is -2.28. The summed E-state index contributed by atoms with van der Waals surface area (Å²) in [6.07, 6.45) is 3.26. The van der Waals surface area contributed by atoms with E-state index in [0.29, 0.717) is 59.9 Å². The number of likely N-dealkylation sites (tertiary alicyclic amines) is 1. The number of nitrogens with zero attached hydrogens (tertiary/aromatic N) is 7. The molecule has 1 saturated heterocycles. The highest BCUT2D eigenvalue weighted by Crippen LogP contribution is 2.36. The Balaban J connectivity index is 1.26. The van der Waals surface area contributed by atoms with Gasteiger partial charge in [-0.25, -0.2) is 9.97 Å². The largest absolute Gasteiger partial charge is 0.454 e. The second-order valence-electron chi connectivity index (χ2n) is 9.29. The van der Waals surface area contributed by atoms with Gasteiger partial charge < -0.3 is 28.8 Å². The standard InChI is InChI=1S/C26H25N9O3/c1-33-18-6-3-2-5-17(18)29-26(33)32-25-30-23(28-16-8-9-19-20(13-16)38-15-37-19)22-24(31-25)35(14-27-22)12-11-34-10-4-7-21(34)36/h2-3,5-6,8-9,13-14H,4,7,10-12,15H2,1H3,(H2,28,29,30,31,32). The molecule has 2 aliphatic heterocycles. The number of carbonyl (C=O) groups excluding carboxylic acids is 1. The van der Waals surface area contributed by atoms with Gasteiger partial charge in [0, 0.05) is 44.9 Å². The minimum atomic E-state index is 0.193. The molecule has 0 radical (unpaired) electrons. The number of nitrogens with one attached hydrogen (secondary N) is 2. The number of aromatic nitrogens is 6. The van der Waals surface area contributed by atoms with Crippen LogP contribution in [-0.2, 0) is 18.4 Å². The molecule has 38 heavy (non-hydrogen) atoms. The summed E-state index contributed by atoms with van der Waals surface area (Å²) < 4.78 is 14.9. The topological polar surface area (TPSA) is 124 Å². The zero-order valence-corrected chi connectivity index (χ0v) is 20.7. The van der Waals surface area contributed by atoms with Crippen molar-refractivity contribution in [1.82, 2.24) is 34.0 Å². The normalized spacial score (nSPS) is 14.7. The van der Waals surface area contributed by atoms with E-state index in [1.54, 1.807) is 6.33 Å². The first-order valence-corrected chi connectivity index (χ1v) is 12.5. The van der Waals surface area contributed by atoms with Crippen molar-refractivity contribution in [2.45, 2.75) is 19.4 Å². The molecule has 1 fully saturated rings. The molecular formula is C26H25N9O3. The molecule has 2 N–H and O–H groups in total. The number of aryl methyl sites for hydroxylation is 1. The molecular weight excluding hydrogens is 486 g/mol. The van der Waals surface area contributed by atoms with Crippen LogP contribution in [-0.4, -0.2) is 59.8 Å². The van der Waals surface area contributed by atoms with Gasteiger partial charge in [-0.15, -0.1) is 0 Å². The Morgan fingerprint density at radius 1 is 1.00 bits per heavy atom. The summed E-state index contributed by atoms with van der Waals surface area (Å²) in [5, 5.41) is 6.65. The van der Waals surface area contributed by atoms with Gasteiger partial charge in [-0.2, -0.15) is 9.97 Å². The second-order valence-corrected chi connectivity index (χ2v) is 9.29. The van der Waals surface area contributed by atoms with E-state index in [-0.39, 0.29) is 12.7 Å². The second kappa shape index (κ2) is 8.91. The van der Waals surface area contributed by atoms with Crippen LogP contribution in [0.25, 0.3) is 22.2 Å².